The second-order valence-corrected chi connectivity index (χ2v) is 7.18. The predicted molar refractivity (Wildman–Crippen MR) is 102 cm³/mol. The fourth-order valence-corrected chi connectivity index (χ4v) is 3.73. The van der Waals surface area contributed by atoms with Crippen molar-refractivity contribution in [3.8, 4) is 5.75 Å². The van der Waals surface area contributed by atoms with Crippen molar-refractivity contribution in [2.45, 2.75) is 58.4 Å². The first-order valence-corrected chi connectivity index (χ1v) is 9.37. The maximum Gasteiger partial charge on any atom is 0.159 e. The number of benzene rings is 1. The third kappa shape index (κ3) is 5.51. The van der Waals surface area contributed by atoms with Crippen LogP contribution in [0.5, 0.6) is 5.75 Å². The first kappa shape index (κ1) is 21.8. The Morgan fingerprint density at radius 2 is 1.70 bits per heavy atom. The van der Waals surface area contributed by atoms with E-state index in [0.717, 1.165) is 11.3 Å². The third-order valence-corrected chi connectivity index (χ3v) is 5.37. The number of ether oxygens (including phenoxy) is 5. The highest BCUT2D eigenvalue weighted by molar-refractivity contribution is 5.81. The van der Waals surface area contributed by atoms with E-state index in [-0.39, 0.29) is 36.1 Å². The van der Waals surface area contributed by atoms with Crippen molar-refractivity contribution in [1.29, 1.82) is 0 Å². The third-order valence-electron chi connectivity index (χ3n) is 5.37. The van der Waals surface area contributed by atoms with E-state index >= 15 is 0 Å². The molecule has 0 unspecified atom stereocenters. The number of hydrogen-bond donors (Lipinski definition) is 0. The van der Waals surface area contributed by atoms with Crippen molar-refractivity contribution in [2.24, 2.45) is 11.8 Å². The number of methoxy groups -OCH3 is 3. The number of carbonyl (C=O) groups excluding carboxylic acids is 1. The fraction of sp³-hybridized carbons (Fsp3) is 0.667. The molecule has 0 bridgehead atoms. The Morgan fingerprint density at radius 1 is 1.07 bits per heavy atom. The predicted octanol–water partition coefficient (Wildman–Crippen LogP) is 3.22. The van der Waals surface area contributed by atoms with Gasteiger partial charge < -0.3 is 23.7 Å². The Balaban J connectivity index is 2.10. The molecule has 152 valence electrons. The van der Waals surface area contributed by atoms with Gasteiger partial charge in [-0.05, 0) is 24.6 Å². The van der Waals surface area contributed by atoms with Crippen LogP contribution >= 0.6 is 0 Å². The Kier molecular flexibility index (Phi) is 8.23. The minimum Gasteiger partial charge on any atom is -0.497 e. The van der Waals surface area contributed by atoms with Crippen LogP contribution in [0.4, 0.5) is 0 Å². The number of Topliss-reactive ketones (excluding diaryl/α,β-unsaturated/α-hetero) is 1. The highest BCUT2D eigenvalue weighted by Crippen LogP contribution is 2.35. The van der Waals surface area contributed by atoms with Gasteiger partial charge in [0.15, 0.2) is 12.1 Å². The Labute approximate surface area is 162 Å². The minimum atomic E-state index is -0.485. The van der Waals surface area contributed by atoms with Crippen LogP contribution < -0.4 is 4.74 Å². The van der Waals surface area contributed by atoms with Crippen molar-refractivity contribution < 1.29 is 28.5 Å². The molecule has 1 fully saturated rings. The molecule has 1 aliphatic heterocycles. The molecule has 0 spiro atoms. The summed E-state index contributed by atoms with van der Waals surface area (Å²) in [6, 6.07) is 7.80. The zero-order chi connectivity index (χ0) is 20.0. The van der Waals surface area contributed by atoms with Crippen LogP contribution in [0, 0.1) is 11.8 Å². The molecule has 0 aromatic heterocycles. The van der Waals surface area contributed by atoms with Gasteiger partial charge in [0.1, 0.15) is 11.9 Å². The zero-order valence-corrected chi connectivity index (χ0v) is 17.1. The highest BCUT2D eigenvalue weighted by atomic mass is 16.7. The van der Waals surface area contributed by atoms with Gasteiger partial charge in [0.2, 0.25) is 0 Å². The van der Waals surface area contributed by atoms with E-state index in [9.17, 15) is 4.79 Å². The van der Waals surface area contributed by atoms with Gasteiger partial charge in [-0.3, -0.25) is 4.79 Å². The summed E-state index contributed by atoms with van der Waals surface area (Å²) in [7, 11) is 4.85. The molecule has 1 aromatic carbocycles. The summed E-state index contributed by atoms with van der Waals surface area (Å²) in [5, 5.41) is 0. The van der Waals surface area contributed by atoms with Gasteiger partial charge in [-0.2, -0.15) is 0 Å². The Bertz CT molecular complexity index is 583. The zero-order valence-electron chi connectivity index (χ0n) is 17.1. The molecule has 5 atom stereocenters. The summed E-state index contributed by atoms with van der Waals surface area (Å²) in [5.74, 6) is 0.898. The van der Waals surface area contributed by atoms with E-state index in [1.807, 2.05) is 31.2 Å². The molecule has 1 heterocycles. The van der Waals surface area contributed by atoms with Gasteiger partial charge in [0, 0.05) is 32.5 Å². The largest absolute Gasteiger partial charge is 0.497 e. The second kappa shape index (κ2) is 10.2. The van der Waals surface area contributed by atoms with E-state index < -0.39 is 6.10 Å². The van der Waals surface area contributed by atoms with Crippen LogP contribution in [0.3, 0.4) is 0 Å². The normalized spacial score (nSPS) is 28.3. The van der Waals surface area contributed by atoms with Gasteiger partial charge in [-0.1, -0.05) is 26.0 Å². The van der Waals surface area contributed by atoms with Crippen LogP contribution in [-0.2, 0) is 30.3 Å². The standard InChI is InChI=1S/C21H32O6/c1-13-18(11-19(24-5)25-6)27-21(15(3)22)14(2)20(13)26-12-16-7-9-17(23-4)10-8-16/h7-10,13-14,18-21H,11-12H2,1-6H3/t13-,14+,18+,20-,21+/m0/s1. The molecule has 6 heteroatoms. The number of hydrogen-bond acceptors (Lipinski definition) is 6. The van der Waals surface area contributed by atoms with E-state index in [0.29, 0.717) is 13.0 Å². The SMILES string of the molecule is COc1ccc(CO[C@H]2[C@@H](C)[C@@H](CC(OC)OC)O[C@@H](C(C)=O)[C@@H]2C)cc1. The molecule has 27 heavy (non-hydrogen) atoms. The molecule has 1 saturated heterocycles. The summed E-state index contributed by atoms with van der Waals surface area (Å²) in [6.07, 6.45) is -0.593. The maximum atomic E-state index is 12.1. The van der Waals surface area contributed by atoms with Crippen molar-refractivity contribution >= 4 is 5.78 Å². The molecular formula is C21H32O6. The molecule has 0 saturated carbocycles. The molecule has 1 aliphatic rings. The number of carbonyl (C=O) groups is 1. The smallest absolute Gasteiger partial charge is 0.159 e. The molecule has 2 rings (SSSR count). The van der Waals surface area contributed by atoms with Gasteiger partial charge in [0.05, 0.1) is 25.9 Å². The molecular weight excluding hydrogens is 348 g/mol. The first-order chi connectivity index (χ1) is 12.9. The van der Waals surface area contributed by atoms with Gasteiger partial charge >= 0.3 is 0 Å². The van der Waals surface area contributed by atoms with Crippen LogP contribution in [-0.4, -0.2) is 51.7 Å². The maximum absolute atomic E-state index is 12.1. The lowest BCUT2D eigenvalue weighted by Crippen LogP contribution is -2.53. The average Bonchev–Trinajstić information content (AvgIpc) is 2.67. The fourth-order valence-electron chi connectivity index (χ4n) is 3.73. The number of ketones is 1. The van der Waals surface area contributed by atoms with Crippen molar-refractivity contribution in [2.75, 3.05) is 21.3 Å². The summed E-state index contributed by atoms with van der Waals surface area (Å²) in [6.45, 7) is 6.15. The monoisotopic (exact) mass is 380 g/mol. The second-order valence-electron chi connectivity index (χ2n) is 7.18. The lowest BCUT2D eigenvalue weighted by atomic mass is 9.80. The minimum absolute atomic E-state index is 0.0174. The van der Waals surface area contributed by atoms with Crippen molar-refractivity contribution in [1.82, 2.24) is 0 Å². The molecule has 0 radical (unpaired) electrons. The van der Waals surface area contributed by atoms with Crippen LogP contribution in [0.25, 0.3) is 0 Å². The lowest BCUT2D eigenvalue weighted by molar-refractivity contribution is -0.209. The summed E-state index contributed by atoms with van der Waals surface area (Å²) < 4.78 is 28.2. The van der Waals surface area contributed by atoms with Crippen molar-refractivity contribution in [3.63, 3.8) is 0 Å². The van der Waals surface area contributed by atoms with Gasteiger partial charge in [0.25, 0.3) is 0 Å². The van der Waals surface area contributed by atoms with Gasteiger partial charge in [-0.25, -0.2) is 0 Å². The molecule has 6 nitrogen and oxygen atoms in total. The highest BCUT2D eigenvalue weighted by Gasteiger charge is 2.44. The topological polar surface area (TPSA) is 63.2 Å². The van der Waals surface area contributed by atoms with Crippen LogP contribution in [0.15, 0.2) is 24.3 Å². The van der Waals surface area contributed by atoms with E-state index in [1.54, 1.807) is 28.3 Å². The number of rotatable bonds is 9. The van der Waals surface area contributed by atoms with E-state index in [4.69, 9.17) is 23.7 Å². The molecule has 1 aromatic rings. The first-order valence-electron chi connectivity index (χ1n) is 9.37. The van der Waals surface area contributed by atoms with Gasteiger partial charge in [-0.15, -0.1) is 0 Å². The summed E-state index contributed by atoms with van der Waals surface area (Å²) in [5.41, 5.74) is 1.06. The van der Waals surface area contributed by atoms with Crippen LogP contribution in [0.1, 0.15) is 32.8 Å². The summed E-state index contributed by atoms with van der Waals surface area (Å²) in [4.78, 5) is 12.1. The van der Waals surface area contributed by atoms with Crippen molar-refractivity contribution in [3.05, 3.63) is 29.8 Å². The molecule has 0 aliphatic carbocycles. The molecule has 0 amide bonds. The van der Waals surface area contributed by atoms with E-state index in [2.05, 4.69) is 6.92 Å². The lowest BCUT2D eigenvalue weighted by Gasteiger charge is -2.44. The van der Waals surface area contributed by atoms with E-state index in [1.165, 1.54) is 0 Å². The Morgan fingerprint density at radius 3 is 2.22 bits per heavy atom. The Hall–Kier alpha value is -1.47. The molecule has 0 N–H and O–H groups in total. The summed E-state index contributed by atoms with van der Waals surface area (Å²) >= 11 is 0. The van der Waals surface area contributed by atoms with Crippen LogP contribution in [0.2, 0.25) is 0 Å². The average molecular weight is 380 g/mol. The quantitative estimate of drug-likeness (QED) is 0.613.